The summed E-state index contributed by atoms with van der Waals surface area (Å²) in [5.74, 6) is 0.294. The Labute approximate surface area is 82.9 Å². The number of aliphatic hydroxyl groups is 2. The first-order valence-corrected chi connectivity index (χ1v) is 5.20. The van der Waals surface area contributed by atoms with Crippen LogP contribution in [0.3, 0.4) is 0 Å². The van der Waals surface area contributed by atoms with Gasteiger partial charge in [0.15, 0.2) is 0 Å². The molecule has 0 amide bonds. The Kier molecular flexibility index (Phi) is 2.74. The SMILES string of the molecule is O=C1CCC[C@@H]([C@@H]2C[C@H]2[C@H](O)CO)O1. The van der Waals surface area contributed by atoms with Gasteiger partial charge < -0.3 is 14.9 Å². The maximum atomic E-state index is 11.0. The number of esters is 1. The van der Waals surface area contributed by atoms with E-state index in [1.165, 1.54) is 0 Å². The number of cyclic esters (lactones) is 1. The minimum absolute atomic E-state index is 0.0116. The summed E-state index contributed by atoms with van der Waals surface area (Å²) in [5.41, 5.74) is 0. The molecule has 0 spiro atoms. The van der Waals surface area contributed by atoms with Crippen molar-refractivity contribution in [2.45, 2.75) is 37.9 Å². The second kappa shape index (κ2) is 3.87. The number of ether oxygens (including phenoxy) is 1. The average Bonchev–Trinajstić information content (AvgIpc) is 2.96. The van der Waals surface area contributed by atoms with Gasteiger partial charge in [0.25, 0.3) is 0 Å². The fourth-order valence-electron chi connectivity index (χ4n) is 2.28. The average molecular weight is 200 g/mol. The van der Waals surface area contributed by atoms with Gasteiger partial charge in [-0.2, -0.15) is 0 Å². The molecule has 1 aliphatic carbocycles. The van der Waals surface area contributed by atoms with Gasteiger partial charge in [0.1, 0.15) is 6.10 Å². The maximum Gasteiger partial charge on any atom is 0.306 e. The third-order valence-electron chi connectivity index (χ3n) is 3.20. The summed E-state index contributed by atoms with van der Waals surface area (Å²) in [5, 5.41) is 18.1. The van der Waals surface area contributed by atoms with Gasteiger partial charge in [-0.1, -0.05) is 0 Å². The third kappa shape index (κ3) is 1.91. The van der Waals surface area contributed by atoms with E-state index in [2.05, 4.69) is 0 Å². The molecule has 2 N–H and O–H groups in total. The van der Waals surface area contributed by atoms with Crippen molar-refractivity contribution >= 4 is 5.97 Å². The van der Waals surface area contributed by atoms with Crippen LogP contribution in [-0.4, -0.2) is 35.0 Å². The normalized spacial score (nSPS) is 39.0. The molecule has 1 saturated heterocycles. The molecule has 1 saturated carbocycles. The third-order valence-corrected chi connectivity index (χ3v) is 3.20. The molecule has 4 nitrogen and oxygen atoms in total. The quantitative estimate of drug-likeness (QED) is 0.633. The highest BCUT2D eigenvalue weighted by Gasteiger charge is 2.48. The molecule has 4 atom stereocenters. The summed E-state index contributed by atoms with van der Waals surface area (Å²) in [6.07, 6.45) is 2.55. The molecule has 1 heterocycles. The molecule has 2 fully saturated rings. The fraction of sp³-hybridized carbons (Fsp3) is 0.900. The van der Waals surface area contributed by atoms with E-state index in [0.717, 1.165) is 19.3 Å². The molecular formula is C10H16O4. The molecule has 0 bridgehead atoms. The molecule has 80 valence electrons. The highest BCUT2D eigenvalue weighted by atomic mass is 16.5. The molecule has 14 heavy (non-hydrogen) atoms. The summed E-state index contributed by atoms with van der Waals surface area (Å²) in [7, 11) is 0. The van der Waals surface area contributed by atoms with Gasteiger partial charge in [-0.15, -0.1) is 0 Å². The molecule has 0 unspecified atom stereocenters. The summed E-state index contributed by atoms with van der Waals surface area (Å²) in [4.78, 5) is 11.0. The van der Waals surface area contributed by atoms with E-state index in [1.54, 1.807) is 0 Å². The molecule has 4 heteroatoms. The Morgan fingerprint density at radius 2 is 2.36 bits per heavy atom. The Morgan fingerprint density at radius 3 is 3.00 bits per heavy atom. The molecule has 0 aromatic carbocycles. The van der Waals surface area contributed by atoms with Gasteiger partial charge in [0.2, 0.25) is 0 Å². The molecule has 2 aliphatic rings. The lowest BCUT2D eigenvalue weighted by molar-refractivity contribution is -0.155. The lowest BCUT2D eigenvalue weighted by atomic mass is 10.0. The Balaban J connectivity index is 1.83. The number of aliphatic hydroxyl groups excluding tert-OH is 2. The van der Waals surface area contributed by atoms with Crippen LogP contribution in [0.15, 0.2) is 0 Å². The van der Waals surface area contributed by atoms with Gasteiger partial charge in [-0.3, -0.25) is 4.79 Å². The van der Waals surface area contributed by atoms with Gasteiger partial charge in [0, 0.05) is 12.3 Å². The number of carbonyl (C=O) groups is 1. The molecular weight excluding hydrogens is 184 g/mol. The fourth-order valence-corrected chi connectivity index (χ4v) is 2.28. The van der Waals surface area contributed by atoms with Crippen LogP contribution >= 0.6 is 0 Å². The monoisotopic (exact) mass is 200 g/mol. The van der Waals surface area contributed by atoms with E-state index in [1.807, 2.05) is 0 Å². The highest BCUT2D eigenvalue weighted by Crippen LogP contribution is 2.46. The lowest BCUT2D eigenvalue weighted by Crippen LogP contribution is -2.28. The van der Waals surface area contributed by atoms with Gasteiger partial charge >= 0.3 is 5.97 Å². The molecule has 0 radical (unpaired) electrons. The highest BCUT2D eigenvalue weighted by molar-refractivity contribution is 5.70. The van der Waals surface area contributed by atoms with Crippen LogP contribution in [0, 0.1) is 11.8 Å². The zero-order chi connectivity index (χ0) is 10.1. The van der Waals surface area contributed by atoms with E-state index in [0.29, 0.717) is 6.42 Å². The van der Waals surface area contributed by atoms with Crippen molar-refractivity contribution in [3.8, 4) is 0 Å². The molecule has 2 rings (SSSR count). The molecule has 1 aliphatic heterocycles. The first-order valence-electron chi connectivity index (χ1n) is 5.20. The predicted molar refractivity (Wildman–Crippen MR) is 48.4 cm³/mol. The summed E-state index contributed by atoms with van der Waals surface area (Å²) in [6.45, 7) is -0.193. The van der Waals surface area contributed by atoms with Crippen LogP contribution in [0.4, 0.5) is 0 Å². The van der Waals surface area contributed by atoms with E-state index >= 15 is 0 Å². The van der Waals surface area contributed by atoms with E-state index in [-0.39, 0.29) is 30.5 Å². The van der Waals surface area contributed by atoms with Crippen molar-refractivity contribution in [1.29, 1.82) is 0 Å². The van der Waals surface area contributed by atoms with E-state index in [9.17, 15) is 9.90 Å². The zero-order valence-corrected chi connectivity index (χ0v) is 8.06. The van der Waals surface area contributed by atoms with Crippen LogP contribution in [0.1, 0.15) is 25.7 Å². The number of rotatable bonds is 3. The zero-order valence-electron chi connectivity index (χ0n) is 8.06. The number of hydrogen-bond donors (Lipinski definition) is 2. The largest absolute Gasteiger partial charge is 0.462 e. The second-order valence-corrected chi connectivity index (χ2v) is 4.23. The smallest absolute Gasteiger partial charge is 0.306 e. The van der Waals surface area contributed by atoms with Crippen LogP contribution in [0.5, 0.6) is 0 Å². The molecule has 0 aromatic rings. The van der Waals surface area contributed by atoms with Crippen LogP contribution in [0.25, 0.3) is 0 Å². The van der Waals surface area contributed by atoms with Gasteiger partial charge in [-0.25, -0.2) is 0 Å². The standard InChI is InChI=1S/C10H16O4/c11-5-8(12)6-4-7(6)9-2-1-3-10(13)14-9/h6-9,11-12H,1-5H2/t6-,7-,8-,9+/m1/s1. The minimum Gasteiger partial charge on any atom is -0.462 e. The Morgan fingerprint density at radius 1 is 1.57 bits per heavy atom. The van der Waals surface area contributed by atoms with Crippen molar-refractivity contribution < 1.29 is 19.7 Å². The number of hydrogen-bond acceptors (Lipinski definition) is 4. The topological polar surface area (TPSA) is 66.8 Å². The van der Waals surface area contributed by atoms with Crippen molar-refractivity contribution in [1.82, 2.24) is 0 Å². The lowest BCUT2D eigenvalue weighted by Gasteiger charge is -2.22. The second-order valence-electron chi connectivity index (χ2n) is 4.23. The molecule has 0 aromatic heterocycles. The Bertz CT molecular complexity index is 228. The first kappa shape index (κ1) is 9.93. The van der Waals surface area contributed by atoms with Gasteiger partial charge in [-0.05, 0) is 25.2 Å². The van der Waals surface area contributed by atoms with Crippen LogP contribution in [-0.2, 0) is 9.53 Å². The Hall–Kier alpha value is -0.610. The van der Waals surface area contributed by atoms with Crippen LogP contribution in [0.2, 0.25) is 0 Å². The maximum absolute atomic E-state index is 11.0. The summed E-state index contributed by atoms with van der Waals surface area (Å²) >= 11 is 0. The predicted octanol–water partition coefficient (Wildman–Crippen LogP) is 0.0714. The van der Waals surface area contributed by atoms with Crippen molar-refractivity contribution in [3.05, 3.63) is 0 Å². The van der Waals surface area contributed by atoms with E-state index in [4.69, 9.17) is 9.84 Å². The summed E-state index contributed by atoms with van der Waals surface area (Å²) < 4.78 is 5.20. The minimum atomic E-state index is -0.638. The van der Waals surface area contributed by atoms with Gasteiger partial charge in [0.05, 0.1) is 12.7 Å². The first-order chi connectivity index (χ1) is 6.72. The summed E-state index contributed by atoms with van der Waals surface area (Å²) in [6, 6.07) is 0. The van der Waals surface area contributed by atoms with Crippen molar-refractivity contribution in [2.75, 3.05) is 6.61 Å². The van der Waals surface area contributed by atoms with Crippen molar-refractivity contribution in [3.63, 3.8) is 0 Å². The number of carbonyl (C=O) groups excluding carboxylic acids is 1. The van der Waals surface area contributed by atoms with Crippen molar-refractivity contribution in [2.24, 2.45) is 11.8 Å². The van der Waals surface area contributed by atoms with Crippen LogP contribution < -0.4 is 0 Å². The van der Waals surface area contributed by atoms with E-state index < -0.39 is 6.10 Å².